The minimum atomic E-state index is 0.571. The molecule has 0 atom stereocenters. The standard InChI is InChI=1S/C13H28/c1-6-7-8-9-10-13(4,5)11-12(2)3/h12H,6-11H2,1-5H3. The molecule has 0 N–H and O–H groups in total. The van der Waals surface area contributed by atoms with Crippen molar-refractivity contribution >= 4 is 0 Å². The van der Waals surface area contributed by atoms with E-state index in [0.717, 1.165) is 5.92 Å². The van der Waals surface area contributed by atoms with Crippen LogP contribution in [0.3, 0.4) is 0 Å². The molecule has 0 aromatic rings. The first-order chi connectivity index (χ1) is 5.98. The Morgan fingerprint density at radius 2 is 1.62 bits per heavy atom. The van der Waals surface area contributed by atoms with Crippen LogP contribution in [0.1, 0.15) is 73.1 Å². The van der Waals surface area contributed by atoms with Crippen molar-refractivity contribution in [2.75, 3.05) is 0 Å². The monoisotopic (exact) mass is 184 g/mol. The molecule has 0 bridgehead atoms. The van der Waals surface area contributed by atoms with Gasteiger partial charge in [-0.3, -0.25) is 0 Å². The molecule has 0 aliphatic rings. The minimum absolute atomic E-state index is 0.571. The first-order valence-electron chi connectivity index (χ1n) is 5.98. The summed E-state index contributed by atoms with van der Waals surface area (Å²) in [7, 11) is 0. The van der Waals surface area contributed by atoms with E-state index in [0.29, 0.717) is 5.41 Å². The molecule has 0 aromatic heterocycles. The van der Waals surface area contributed by atoms with Crippen LogP contribution >= 0.6 is 0 Å². The van der Waals surface area contributed by atoms with Crippen molar-refractivity contribution in [1.29, 1.82) is 0 Å². The Bertz CT molecular complexity index is 111. The Labute approximate surface area is 85.1 Å². The topological polar surface area (TPSA) is 0 Å². The summed E-state index contributed by atoms with van der Waals surface area (Å²) in [4.78, 5) is 0. The van der Waals surface area contributed by atoms with E-state index in [-0.39, 0.29) is 0 Å². The lowest BCUT2D eigenvalue weighted by atomic mass is 9.80. The van der Waals surface area contributed by atoms with Crippen LogP contribution in [0.2, 0.25) is 0 Å². The molecule has 0 unspecified atom stereocenters. The summed E-state index contributed by atoms with van der Waals surface area (Å²) in [6, 6.07) is 0. The molecule has 0 amide bonds. The second-order valence-corrected chi connectivity index (χ2v) is 5.57. The van der Waals surface area contributed by atoms with E-state index in [2.05, 4.69) is 34.6 Å². The van der Waals surface area contributed by atoms with Crippen molar-refractivity contribution < 1.29 is 0 Å². The summed E-state index contributed by atoms with van der Waals surface area (Å²) < 4.78 is 0. The summed E-state index contributed by atoms with van der Waals surface area (Å²) in [6.45, 7) is 11.8. The van der Waals surface area contributed by atoms with E-state index < -0.39 is 0 Å². The zero-order valence-corrected chi connectivity index (χ0v) is 10.3. The molecule has 0 aliphatic heterocycles. The lowest BCUT2D eigenvalue weighted by Gasteiger charge is -2.26. The fourth-order valence-corrected chi connectivity index (χ4v) is 2.24. The van der Waals surface area contributed by atoms with Gasteiger partial charge in [-0.25, -0.2) is 0 Å². The largest absolute Gasteiger partial charge is 0.0654 e. The van der Waals surface area contributed by atoms with E-state index >= 15 is 0 Å². The van der Waals surface area contributed by atoms with Gasteiger partial charge in [0.15, 0.2) is 0 Å². The van der Waals surface area contributed by atoms with Gasteiger partial charge < -0.3 is 0 Å². The van der Waals surface area contributed by atoms with Crippen LogP contribution in [0.5, 0.6) is 0 Å². The number of hydrogen-bond donors (Lipinski definition) is 0. The van der Waals surface area contributed by atoms with Crippen LogP contribution in [0.25, 0.3) is 0 Å². The molecule has 0 aromatic carbocycles. The van der Waals surface area contributed by atoms with Gasteiger partial charge in [-0.1, -0.05) is 60.3 Å². The molecule has 0 saturated carbocycles. The van der Waals surface area contributed by atoms with E-state index in [9.17, 15) is 0 Å². The Kier molecular flexibility index (Phi) is 6.45. The van der Waals surface area contributed by atoms with Crippen LogP contribution in [0.4, 0.5) is 0 Å². The fourth-order valence-electron chi connectivity index (χ4n) is 2.24. The van der Waals surface area contributed by atoms with Crippen molar-refractivity contribution in [1.82, 2.24) is 0 Å². The molecule has 0 nitrogen and oxygen atoms in total. The number of unbranched alkanes of at least 4 members (excludes halogenated alkanes) is 3. The molecule has 0 spiro atoms. The van der Waals surface area contributed by atoms with Crippen LogP contribution in [-0.2, 0) is 0 Å². The number of rotatable bonds is 7. The molecule has 0 fully saturated rings. The fraction of sp³-hybridized carbons (Fsp3) is 1.00. The highest BCUT2D eigenvalue weighted by Gasteiger charge is 2.18. The Morgan fingerprint density at radius 3 is 2.08 bits per heavy atom. The summed E-state index contributed by atoms with van der Waals surface area (Å²) in [5.74, 6) is 0.848. The molecule has 0 radical (unpaired) electrons. The second-order valence-electron chi connectivity index (χ2n) is 5.57. The van der Waals surface area contributed by atoms with Crippen molar-refractivity contribution in [3.63, 3.8) is 0 Å². The maximum Gasteiger partial charge on any atom is -0.0352 e. The molecule has 13 heavy (non-hydrogen) atoms. The van der Waals surface area contributed by atoms with Crippen LogP contribution < -0.4 is 0 Å². The van der Waals surface area contributed by atoms with E-state index in [1.807, 2.05) is 0 Å². The predicted molar refractivity (Wildman–Crippen MR) is 62.0 cm³/mol. The van der Waals surface area contributed by atoms with Gasteiger partial charge in [0, 0.05) is 0 Å². The van der Waals surface area contributed by atoms with E-state index in [1.54, 1.807) is 0 Å². The maximum atomic E-state index is 2.42. The smallest absolute Gasteiger partial charge is 0.0352 e. The molecule has 0 heterocycles. The van der Waals surface area contributed by atoms with Gasteiger partial charge in [0.05, 0.1) is 0 Å². The minimum Gasteiger partial charge on any atom is -0.0654 e. The third kappa shape index (κ3) is 8.33. The van der Waals surface area contributed by atoms with Gasteiger partial charge in [0.2, 0.25) is 0 Å². The number of hydrogen-bond acceptors (Lipinski definition) is 0. The summed E-state index contributed by atoms with van der Waals surface area (Å²) >= 11 is 0. The average Bonchev–Trinajstić information content (AvgIpc) is 1.95. The highest BCUT2D eigenvalue weighted by atomic mass is 14.2. The van der Waals surface area contributed by atoms with Gasteiger partial charge in [0.1, 0.15) is 0 Å². The van der Waals surface area contributed by atoms with Crippen molar-refractivity contribution in [2.45, 2.75) is 73.1 Å². The molecular formula is C13H28. The highest BCUT2D eigenvalue weighted by Crippen LogP contribution is 2.31. The van der Waals surface area contributed by atoms with Crippen LogP contribution in [0.15, 0.2) is 0 Å². The Hall–Kier alpha value is 0. The quantitative estimate of drug-likeness (QED) is 0.487. The lowest BCUT2D eigenvalue weighted by molar-refractivity contribution is 0.256. The molecular weight excluding hydrogens is 156 g/mol. The normalized spacial score (nSPS) is 12.5. The van der Waals surface area contributed by atoms with Gasteiger partial charge in [-0.15, -0.1) is 0 Å². The summed E-state index contributed by atoms with van der Waals surface area (Å²) in [5.41, 5.74) is 0.571. The van der Waals surface area contributed by atoms with Gasteiger partial charge in [-0.2, -0.15) is 0 Å². The average molecular weight is 184 g/mol. The zero-order chi connectivity index (χ0) is 10.3. The lowest BCUT2D eigenvalue weighted by Crippen LogP contribution is -2.14. The van der Waals surface area contributed by atoms with Crippen molar-refractivity contribution in [3.8, 4) is 0 Å². The van der Waals surface area contributed by atoms with Crippen LogP contribution in [-0.4, -0.2) is 0 Å². The Morgan fingerprint density at radius 1 is 1.00 bits per heavy atom. The van der Waals surface area contributed by atoms with Crippen molar-refractivity contribution in [2.24, 2.45) is 11.3 Å². The second kappa shape index (κ2) is 6.45. The van der Waals surface area contributed by atoms with E-state index in [1.165, 1.54) is 38.5 Å². The molecule has 0 heteroatoms. The third-order valence-electron chi connectivity index (χ3n) is 2.67. The molecule has 0 rings (SSSR count). The highest BCUT2D eigenvalue weighted by molar-refractivity contribution is 4.70. The molecule has 0 aliphatic carbocycles. The van der Waals surface area contributed by atoms with Gasteiger partial charge >= 0.3 is 0 Å². The van der Waals surface area contributed by atoms with Gasteiger partial charge in [-0.05, 0) is 24.2 Å². The van der Waals surface area contributed by atoms with Crippen LogP contribution in [0, 0.1) is 11.3 Å². The first kappa shape index (κ1) is 13.0. The Balaban J connectivity index is 3.50. The maximum absolute atomic E-state index is 2.42. The predicted octanol–water partition coefficient (Wildman–Crippen LogP) is 5.03. The molecule has 0 saturated heterocycles. The van der Waals surface area contributed by atoms with Gasteiger partial charge in [0.25, 0.3) is 0 Å². The SMILES string of the molecule is CCCCCCC(C)(C)CC(C)C. The first-order valence-corrected chi connectivity index (χ1v) is 5.98. The third-order valence-corrected chi connectivity index (χ3v) is 2.67. The summed E-state index contributed by atoms with van der Waals surface area (Å²) in [5, 5.41) is 0. The van der Waals surface area contributed by atoms with E-state index in [4.69, 9.17) is 0 Å². The summed E-state index contributed by atoms with van der Waals surface area (Å²) in [6.07, 6.45) is 8.40. The zero-order valence-electron chi connectivity index (χ0n) is 10.3. The molecule has 80 valence electrons. The van der Waals surface area contributed by atoms with Crippen molar-refractivity contribution in [3.05, 3.63) is 0 Å².